The lowest BCUT2D eigenvalue weighted by Gasteiger charge is -2.35. The predicted octanol–water partition coefficient (Wildman–Crippen LogP) is 5.53. The summed E-state index contributed by atoms with van der Waals surface area (Å²) in [5.74, 6) is 0.338. The van der Waals surface area contributed by atoms with Gasteiger partial charge in [0.2, 0.25) is 5.88 Å². The van der Waals surface area contributed by atoms with Crippen LogP contribution in [-0.2, 0) is 24.9 Å². The zero-order valence-electron chi connectivity index (χ0n) is 22.7. The molecule has 0 unspecified atom stereocenters. The van der Waals surface area contributed by atoms with E-state index in [4.69, 9.17) is 16.3 Å². The van der Waals surface area contributed by atoms with Gasteiger partial charge >= 0.3 is 11.7 Å². The Bertz CT molecular complexity index is 1310. The molecule has 1 saturated carbocycles. The minimum absolute atomic E-state index is 0.0141. The van der Waals surface area contributed by atoms with Crippen LogP contribution in [0.3, 0.4) is 0 Å². The Morgan fingerprint density at radius 3 is 2.49 bits per heavy atom. The fourth-order valence-corrected chi connectivity index (χ4v) is 5.69. The second kappa shape index (κ2) is 13.2. The summed E-state index contributed by atoms with van der Waals surface area (Å²) in [6.45, 7) is 3.91. The number of rotatable bonds is 12. The van der Waals surface area contributed by atoms with Crippen molar-refractivity contribution >= 4 is 17.6 Å². The van der Waals surface area contributed by atoms with Gasteiger partial charge in [0.05, 0.1) is 19.2 Å². The molecule has 0 radical (unpaired) electrons. The van der Waals surface area contributed by atoms with Gasteiger partial charge in [-0.3, -0.25) is 18.8 Å². The van der Waals surface area contributed by atoms with E-state index in [0.29, 0.717) is 23.2 Å². The zero-order chi connectivity index (χ0) is 27.9. The molecule has 4 rings (SSSR count). The number of hydrogen-bond acceptors (Lipinski definition) is 5. The van der Waals surface area contributed by atoms with Crippen LogP contribution >= 0.6 is 11.6 Å². The number of nitrogens with zero attached hydrogens (tertiary/aromatic N) is 3. The van der Waals surface area contributed by atoms with Crippen molar-refractivity contribution in [3.8, 4) is 11.6 Å². The Morgan fingerprint density at radius 1 is 1.15 bits per heavy atom. The van der Waals surface area contributed by atoms with Crippen molar-refractivity contribution in [2.45, 2.75) is 64.6 Å². The van der Waals surface area contributed by atoms with Gasteiger partial charge in [0, 0.05) is 31.2 Å². The van der Waals surface area contributed by atoms with E-state index in [1.807, 2.05) is 43.3 Å². The van der Waals surface area contributed by atoms with Gasteiger partial charge in [-0.15, -0.1) is 0 Å². The van der Waals surface area contributed by atoms with Gasteiger partial charge in [0.15, 0.2) is 0 Å². The summed E-state index contributed by atoms with van der Waals surface area (Å²) >= 11 is 6.13. The van der Waals surface area contributed by atoms with E-state index >= 15 is 0 Å². The second-order valence-electron chi connectivity index (χ2n) is 10.6. The average Bonchev–Trinajstić information content (AvgIpc) is 3.15. The highest BCUT2D eigenvalue weighted by Gasteiger charge is 2.27. The summed E-state index contributed by atoms with van der Waals surface area (Å²) in [6, 6.07) is 13.3. The summed E-state index contributed by atoms with van der Waals surface area (Å²) in [5, 5.41) is 20.4. The number of ether oxygens (including phenoxy) is 1. The molecule has 1 heterocycles. The Balaban J connectivity index is 1.51. The molecule has 0 amide bonds. The zero-order valence-corrected chi connectivity index (χ0v) is 23.4. The first-order chi connectivity index (χ1) is 18.7. The molecule has 0 spiro atoms. The maximum absolute atomic E-state index is 12.1. The number of carboxylic acids is 1. The largest absolute Gasteiger partial charge is 0.493 e. The number of hydrogen-bond donors (Lipinski definition) is 2. The topological polar surface area (TPSA) is 96.9 Å². The molecule has 9 heteroatoms. The summed E-state index contributed by atoms with van der Waals surface area (Å²) in [4.78, 5) is 26.3. The summed E-state index contributed by atoms with van der Waals surface area (Å²) < 4.78 is 8.54. The number of benzene rings is 2. The van der Waals surface area contributed by atoms with Crippen molar-refractivity contribution in [1.82, 2.24) is 14.0 Å². The van der Waals surface area contributed by atoms with Crippen LogP contribution in [0.5, 0.6) is 11.6 Å². The van der Waals surface area contributed by atoms with Crippen LogP contribution in [0, 0.1) is 12.8 Å². The molecule has 0 aliphatic heterocycles. The molecular formula is C30H38ClN3O5. The van der Waals surface area contributed by atoms with Gasteiger partial charge in [-0.25, -0.2) is 4.79 Å². The van der Waals surface area contributed by atoms with Crippen LogP contribution in [0.15, 0.2) is 53.5 Å². The van der Waals surface area contributed by atoms with Crippen LogP contribution in [-0.4, -0.2) is 43.4 Å². The number of aliphatic carboxylic acids is 1. The molecule has 1 fully saturated rings. The number of aryl methyl sites for hydroxylation is 2. The maximum Gasteiger partial charge on any atom is 0.330 e. The molecule has 1 aromatic heterocycles. The van der Waals surface area contributed by atoms with Crippen molar-refractivity contribution in [3.63, 3.8) is 0 Å². The lowest BCUT2D eigenvalue weighted by atomic mass is 9.88. The van der Waals surface area contributed by atoms with Crippen LogP contribution in [0.25, 0.3) is 0 Å². The molecular weight excluding hydrogens is 518 g/mol. The SMILES string of the molecule is Cc1cc(CN(CC2CCCCC2)[C@@H](CC(=O)O)c2ccc(Cl)cc2)ccc1OCCn1c(O)cn(C)c1=O. The number of halogens is 1. The van der Waals surface area contributed by atoms with E-state index in [2.05, 4.69) is 11.0 Å². The first kappa shape index (κ1) is 28.8. The van der Waals surface area contributed by atoms with E-state index in [1.54, 1.807) is 7.05 Å². The van der Waals surface area contributed by atoms with E-state index in [1.165, 1.54) is 47.4 Å². The Morgan fingerprint density at radius 2 is 1.87 bits per heavy atom. The van der Waals surface area contributed by atoms with Crippen molar-refractivity contribution in [1.29, 1.82) is 0 Å². The predicted molar refractivity (Wildman–Crippen MR) is 151 cm³/mol. The third-order valence-corrected chi connectivity index (χ3v) is 7.85. The molecule has 0 saturated heterocycles. The molecule has 2 aromatic carbocycles. The van der Waals surface area contributed by atoms with Crippen LogP contribution in [0.4, 0.5) is 0 Å². The van der Waals surface area contributed by atoms with Gasteiger partial charge in [0.25, 0.3) is 0 Å². The quantitative estimate of drug-likeness (QED) is 0.305. The van der Waals surface area contributed by atoms with E-state index in [9.17, 15) is 19.8 Å². The highest BCUT2D eigenvalue weighted by molar-refractivity contribution is 6.30. The molecule has 1 atom stereocenters. The van der Waals surface area contributed by atoms with Crippen LogP contribution in [0.2, 0.25) is 5.02 Å². The van der Waals surface area contributed by atoms with Crippen molar-refractivity contribution < 1.29 is 19.7 Å². The molecule has 2 N–H and O–H groups in total. The fourth-order valence-electron chi connectivity index (χ4n) is 5.56. The van der Waals surface area contributed by atoms with Crippen molar-refractivity contribution in [2.24, 2.45) is 13.0 Å². The Labute approximate surface area is 234 Å². The van der Waals surface area contributed by atoms with E-state index in [0.717, 1.165) is 23.2 Å². The normalized spacial score (nSPS) is 15.0. The number of carbonyl (C=O) groups is 1. The third-order valence-electron chi connectivity index (χ3n) is 7.60. The minimum Gasteiger partial charge on any atom is -0.493 e. The molecule has 8 nitrogen and oxygen atoms in total. The Hall–Kier alpha value is -3.23. The van der Waals surface area contributed by atoms with Gasteiger partial charge in [-0.1, -0.05) is 55.1 Å². The van der Waals surface area contributed by atoms with Crippen molar-refractivity contribution in [2.75, 3.05) is 13.2 Å². The van der Waals surface area contributed by atoms with Gasteiger partial charge in [-0.05, 0) is 60.6 Å². The van der Waals surface area contributed by atoms with E-state index in [-0.39, 0.29) is 37.2 Å². The number of imidazole rings is 1. The standard InChI is InChI=1S/C30H38ClN3O5/c1-21-16-23(8-13-27(21)39-15-14-34-28(35)20-32(2)30(34)38)19-33(18-22-6-4-3-5-7-22)26(17-29(36)37)24-9-11-25(31)12-10-24/h8-13,16,20,22,26,35H,3-7,14-15,17-19H2,1-2H3,(H,36,37)/t26-/m0/s1. The summed E-state index contributed by atoms with van der Waals surface area (Å²) in [7, 11) is 1.59. The lowest BCUT2D eigenvalue weighted by molar-refractivity contribution is -0.138. The Kier molecular flexibility index (Phi) is 9.75. The number of aromatic nitrogens is 2. The molecule has 1 aliphatic carbocycles. The molecule has 210 valence electrons. The average molecular weight is 556 g/mol. The molecule has 1 aliphatic rings. The summed E-state index contributed by atoms with van der Waals surface area (Å²) in [5.41, 5.74) is 2.69. The molecule has 3 aromatic rings. The molecule has 39 heavy (non-hydrogen) atoms. The number of carboxylic acid groups (broad SMARTS) is 1. The van der Waals surface area contributed by atoms with Crippen LogP contribution in [0.1, 0.15) is 61.3 Å². The maximum atomic E-state index is 12.1. The lowest BCUT2D eigenvalue weighted by Crippen LogP contribution is -2.35. The number of aromatic hydroxyl groups is 1. The van der Waals surface area contributed by atoms with Crippen LogP contribution < -0.4 is 10.4 Å². The fraction of sp³-hybridized carbons (Fsp3) is 0.467. The van der Waals surface area contributed by atoms with E-state index < -0.39 is 5.97 Å². The smallest absolute Gasteiger partial charge is 0.330 e. The second-order valence-corrected chi connectivity index (χ2v) is 11.0. The first-order valence-corrected chi connectivity index (χ1v) is 14.0. The highest BCUT2D eigenvalue weighted by atomic mass is 35.5. The van der Waals surface area contributed by atoms with Gasteiger partial charge in [-0.2, -0.15) is 0 Å². The highest BCUT2D eigenvalue weighted by Crippen LogP contribution is 2.33. The monoisotopic (exact) mass is 555 g/mol. The third kappa shape index (κ3) is 7.67. The molecule has 0 bridgehead atoms. The van der Waals surface area contributed by atoms with Gasteiger partial charge < -0.3 is 14.9 Å². The summed E-state index contributed by atoms with van der Waals surface area (Å²) in [6.07, 6.45) is 7.45. The minimum atomic E-state index is -0.827. The van der Waals surface area contributed by atoms with Crippen molar-refractivity contribution in [3.05, 3.63) is 80.9 Å². The van der Waals surface area contributed by atoms with Gasteiger partial charge in [0.1, 0.15) is 12.4 Å². The first-order valence-electron chi connectivity index (χ1n) is 13.6.